The average molecular weight is 238 g/mol. The molecule has 1 atom stereocenters. The van der Waals surface area contributed by atoms with Gasteiger partial charge in [0.05, 0.1) is 13.2 Å². The monoisotopic (exact) mass is 238 g/mol. The molecule has 1 rings (SSSR count). The number of phenols is 1. The molecule has 5 heteroatoms. The molecule has 5 nitrogen and oxygen atoms in total. The van der Waals surface area contributed by atoms with Crippen molar-refractivity contribution in [3.05, 3.63) is 18.2 Å². The number of methoxy groups -OCH3 is 1. The van der Waals surface area contributed by atoms with Gasteiger partial charge in [0.25, 0.3) is 0 Å². The van der Waals surface area contributed by atoms with Gasteiger partial charge in [-0.2, -0.15) is 0 Å². The zero-order chi connectivity index (χ0) is 13.0. The molecule has 4 N–H and O–H groups in total. The molecule has 0 saturated carbocycles. The van der Waals surface area contributed by atoms with Crippen LogP contribution in [-0.2, 0) is 4.79 Å². The lowest BCUT2D eigenvalue weighted by atomic mass is 10.0. The summed E-state index contributed by atoms with van der Waals surface area (Å²) in [6.07, 6.45) is 0. The molecule has 94 valence electrons. The summed E-state index contributed by atoms with van der Waals surface area (Å²) in [6.45, 7) is 3.74. The van der Waals surface area contributed by atoms with E-state index in [1.54, 1.807) is 12.1 Å². The first kappa shape index (κ1) is 13.3. The SMILES string of the molecule is COc1ccc(NC(=O)C(N)C(C)C)cc1O. The van der Waals surface area contributed by atoms with E-state index in [0.717, 1.165) is 0 Å². The predicted octanol–water partition coefficient (Wildman–Crippen LogP) is 1.32. The molecule has 0 fully saturated rings. The average Bonchev–Trinajstić information content (AvgIpc) is 2.28. The standard InChI is InChI=1S/C12H18N2O3/c1-7(2)11(13)12(16)14-8-4-5-10(17-3)9(15)6-8/h4-7,11,15H,13H2,1-3H3,(H,14,16). The van der Waals surface area contributed by atoms with Crippen LogP contribution in [0.4, 0.5) is 5.69 Å². The van der Waals surface area contributed by atoms with Crippen LogP contribution in [0.1, 0.15) is 13.8 Å². The maximum Gasteiger partial charge on any atom is 0.241 e. The van der Waals surface area contributed by atoms with Crippen LogP contribution < -0.4 is 15.8 Å². The van der Waals surface area contributed by atoms with Gasteiger partial charge in [0.1, 0.15) is 0 Å². The van der Waals surface area contributed by atoms with Crippen LogP contribution in [0.2, 0.25) is 0 Å². The van der Waals surface area contributed by atoms with E-state index in [9.17, 15) is 9.90 Å². The van der Waals surface area contributed by atoms with E-state index < -0.39 is 6.04 Å². The van der Waals surface area contributed by atoms with Crippen molar-refractivity contribution in [1.82, 2.24) is 0 Å². The molecule has 1 unspecified atom stereocenters. The van der Waals surface area contributed by atoms with E-state index in [1.807, 2.05) is 13.8 Å². The second-order valence-electron chi connectivity index (χ2n) is 4.15. The van der Waals surface area contributed by atoms with Crippen LogP contribution in [0.5, 0.6) is 11.5 Å². The Kier molecular flexibility index (Phi) is 4.34. The molecule has 1 aromatic carbocycles. The minimum atomic E-state index is -0.570. The van der Waals surface area contributed by atoms with Crippen LogP contribution in [0, 0.1) is 5.92 Å². The predicted molar refractivity (Wildman–Crippen MR) is 66.1 cm³/mol. The van der Waals surface area contributed by atoms with Gasteiger partial charge in [-0.05, 0) is 18.1 Å². The molecule has 1 amide bonds. The van der Waals surface area contributed by atoms with Crippen LogP contribution in [0.3, 0.4) is 0 Å². The Morgan fingerprint density at radius 2 is 2.12 bits per heavy atom. The smallest absolute Gasteiger partial charge is 0.241 e. The first-order valence-corrected chi connectivity index (χ1v) is 5.39. The highest BCUT2D eigenvalue weighted by molar-refractivity contribution is 5.95. The third-order valence-corrected chi connectivity index (χ3v) is 2.47. The first-order valence-electron chi connectivity index (χ1n) is 5.39. The van der Waals surface area contributed by atoms with E-state index in [-0.39, 0.29) is 17.6 Å². The van der Waals surface area contributed by atoms with Crippen LogP contribution in [0.15, 0.2) is 18.2 Å². The molecule has 0 aromatic heterocycles. The fourth-order valence-electron chi connectivity index (χ4n) is 1.30. The number of benzene rings is 1. The fourth-order valence-corrected chi connectivity index (χ4v) is 1.30. The Hall–Kier alpha value is -1.75. The van der Waals surface area contributed by atoms with Gasteiger partial charge < -0.3 is 20.9 Å². The molecule has 0 aliphatic carbocycles. The number of nitrogens with two attached hydrogens (primary N) is 1. The zero-order valence-corrected chi connectivity index (χ0v) is 10.2. The number of hydrogen-bond acceptors (Lipinski definition) is 4. The largest absolute Gasteiger partial charge is 0.504 e. The molecule has 0 spiro atoms. The van der Waals surface area contributed by atoms with Crippen LogP contribution in [0.25, 0.3) is 0 Å². The van der Waals surface area contributed by atoms with Gasteiger partial charge in [0.15, 0.2) is 11.5 Å². The summed E-state index contributed by atoms with van der Waals surface area (Å²) < 4.78 is 4.90. The highest BCUT2D eigenvalue weighted by atomic mass is 16.5. The number of aromatic hydroxyl groups is 1. The number of carbonyl (C=O) groups excluding carboxylic acids is 1. The first-order chi connectivity index (χ1) is 7.95. The summed E-state index contributed by atoms with van der Waals surface area (Å²) in [6, 6.07) is 4.07. The summed E-state index contributed by atoms with van der Waals surface area (Å²) >= 11 is 0. The molecule has 0 bridgehead atoms. The highest BCUT2D eigenvalue weighted by Gasteiger charge is 2.17. The minimum Gasteiger partial charge on any atom is -0.504 e. The molecule has 0 heterocycles. The van der Waals surface area contributed by atoms with Gasteiger partial charge in [-0.25, -0.2) is 0 Å². The molecule has 1 aromatic rings. The van der Waals surface area contributed by atoms with Gasteiger partial charge in [-0.1, -0.05) is 13.8 Å². The van der Waals surface area contributed by atoms with Gasteiger partial charge in [-0.15, -0.1) is 0 Å². The van der Waals surface area contributed by atoms with Gasteiger partial charge in [-0.3, -0.25) is 4.79 Å². The number of amides is 1. The second kappa shape index (κ2) is 5.54. The van der Waals surface area contributed by atoms with E-state index in [4.69, 9.17) is 10.5 Å². The lowest BCUT2D eigenvalue weighted by Crippen LogP contribution is -2.39. The summed E-state index contributed by atoms with van der Waals surface area (Å²) in [5.74, 6) is 0.117. The Morgan fingerprint density at radius 3 is 2.59 bits per heavy atom. The topological polar surface area (TPSA) is 84.6 Å². The number of carbonyl (C=O) groups is 1. The molecular formula is C12H18N2O3. The van der Waals surface area contributed by atoms with E-state index >= 15 is 0 Å². The summed E-state index contributed by atoms with van der Waals surface area (Å²) in [7, 11) is 1.46. The van der Waals surface area contributed by atoms with Crippen molar-refractivity contribution >= 4 is 11.6 Å². The third kappa shape index (κ3) is 3.35. The Bertz CT molecular complexity index is 405. The van der Waals surface area contributed by atoms with Crippen molar-refractivity contribution in [3.63, 3.8) is 0 Å². The van der Waals surface area contributed by atoms with E-state index in [1.165, 1.54) is 13.2 Å². The molecule has 0 aliphatic rings. The van der Waals surface area contributed by atoms with Gasteiger partial charge >= 0.3 is 0 Å². The van der Waals surface area contributed by atoms with Crippen molar-refractivity contribution in [2.75, 3.05) is 12.4 Å². The molecule has 0 saturated heterocycles. The number of nitrogens with one attached hydrogen (secondary N) is 1. The van der Waals surface area contributed by atoms with Crippen LogP contribution in [-0.4, -0.2) is 24.2 Å². The second-order valence-corrected chi connectivity index (χ2v) is 4.15. The molecule has 17 heavy (non-hydrogen) atoms. The maximum absolute atomic E-state index is 11.7. The van der Waals surface area contributed by atoms with Crippen molar-refractivity contribution < 1.29 is 14.6 Å². The lowest BCUT2D eigenvalue weighted by Gasteiger charge is -2.15. The van der Waals surface area contributed by atoms with E-state index in [0.29, 0.717) is 11.4 Å². The minimum absolute atomic E-state index is 0.0246. The van der Waals surface area contributed by atoms with Gasteiger partial charge in [0, 0.05) is 11.8 Å². The summed E-state index contributed by atoms with van der Waals surface area (Å²) in [5, 5.41) is 12.2. The molecule has 0 aliphatic heterocycles. The number of anilines is 1. The number of ether oxygens (including phenoxy) is 1. The Labute approximate surface area is 101 Å². The lowest BCUT2D eigenvalue weighted by molar-refractivity contribution is -0.118. The summed E-state index contributed by atoms with van der Waals surface area (Å²) in [4.78, 5) is 11.7. The van der Waals surface area contributed by atoms with Gasteiger partial charge in [0.2, 0.25) is 5.91 Å². The molecule has 0 radical (unpaired) electrons. The quantitative estimate of drug-likeness (QED) is 0.738. The summed E-state index contributed by atoms with van der Waals surface area (Å²) in [5.41, 5.74) is 6.19. The zero-order valence-electron chi connectivity index (χ0n) is 10.2. The maximum atomic E-state index is 11.7. The Morgan fingerprint density at radius 1 is 1.47 bits per heavy atom. The third-order valence-electron chi connectivity index (χ3n) is 2.47. The normalized spacial score (nSPS) is 12.3. The molecular weight excluding hydrogens is 220 g/mol. The highest BCUT2D eigenvalue weighted by Crippen LogP contribution is 2.28. The number of phenolic OH excluding ortho intramolecular Hbond substituents is 1. The van der Waals surface area contributed by atoms with Crippen molar-refractivity contribution in [2.24, 2.45) is 11.7 Å². The van der Waals surface area contributed by atoms with Crippen molar-refractivity contribution in [3.8, 4) is 11.5 Å². The van der Waals surface area contributed by atoms with Crippen molar-refractivity contribution in [2.45, 2.75) is 19.9 Å². The van der Waals surface area contributed by atoms with Crippen LogP contribution >= 0.6 is 0 Å². The number of hydrogen-bond donors (Lipinski definition) is 3. The Balaban J connectivity index is 2.76. The van der Waals surface area contributed by atoms with Crippen molar-refractivity contribution in [1.29, 1.82) is 0 Å². The number of rotatable bonds is 4. The fraction of sp³-hybridized carbons (Fsp3) is 0.417. The van der Waals surface area contributed by atoms with E-state index in [2.05, 4.69) is 5.32 Å².